The normalized spacial score (nSPS) is 11.1. The summed E-state index contributed by atoms with van der Waals surface area (Å²) < 4.78 is 1.92. The predicted octanol–water partition coefficient (Wildman–Crippen LogP) is 4.31. The summed E-state index contributed by atoms with van der Waals surface area (Å²) in [6.45, 7) is 2.78. The number of tetrazole rings is 1. The van der Waals surface area contributed by atoms with Crippen LogP contribution in [0.4, 0.5) is 0 Å². The van der Waals surface area contributed by atoms with Crippen molar-refractivity contribution in [3.05, 3.63) is 65.7 Å². The van der Waals surface area contributed by atoms with Gasteiger partial charge in [0.15, 0.2) is 5.82 Å². The molecule has 2 aromatic heterocycles. The van der Waals surface area contributed by atoms with E-state index in [-0.39, 0.29) is 6.42 Å². The zero-order chi connectivity index (χ0) is 23.8. The second-order valence-corrected chi connectivity index (χ2v) is 8.28. The lowest BCUT2D eigenvalue weighted by atomic mass is 9.98. The summed E-state index contributed by atoms with van der Waals surface area (Å²) in [5.41, 5.74) is 4.11. The van der Waals surface area contributed by atoms with Crippen LogP contribution in [-0.2, 0) is 24.2 Å². The molecule has 2 aromatic carbocycles. The number of hydrogen-bond acceptors (Lipinski definition) is 6. The Morgan fingerprint density at radius 2 is 1.79 bits per heavy atom. The predicted molar refractivity (Wildman–Crippen MR) is 128 cm³/mol. The number of nitrogens with zero attached hydrogens (tertiary/aromatic N) is 6. The molecule has 0 saturated heterocycles. The van der Waals surface area contributed by atoms with Crippen LogP contribution in [0.2, 0.25) is 0 Å². The highest BCUT2D eigenvalue weighted by Crippen LogP contribution is 2.29. The largest absolute Gasteiger partial charge is 0.481 e. The van der Waals surface area contributed by atoms with Crippen LogP contribution in [0.15, 0.2) is 48.5 Å². The van der Waals surface area contributed by atoms with Crippen molar-refractivity contribution in [2.75, 3.05) is 0 Å². The number of aromatic amines is 1. The Labute approximate surface area is 198 Å². The van der Waals surface area contributed by atoms with Gasteiger partial charge >= 0.3 is 5.97 Å². The average Bonchev–Trinajstić information content (AvgIpc) is 3.52. The molecule has 0 aliphatic heterocycles. The smallest absolute Gasteiger partial charge is 0.303 e. The van der Waals surface area contributed by atoms with Crippen LogP contribution in [-0.4, -0.2) is 46.5 Å². The minimum absolute atomic E-state index is 0.0355. The number of aryl methyl sites for hydroxylation is 2. The van der Waals surface area contributed by atoms with E-state index in [2.05, 4.69) is 61.9 Å². The third kappa shape index (κ3) is 5.92. The lowest BCUT2D eigenvalue weighted by Crippen LogP contribution is -2.07. The van der Waals surface area contributed by atoms with Gasteiger partial charge in [0.1, 0.15) is 5.82 Å². The van der Waals surface area contributed by atoms with Crippen molar-refractivity contribution >= 4 is 5.97 Å². The van der Waals surface area contributed by atoms with E-state index in [1.165, 1.54) is 12.8 Å². The van der Waals surface area contributed by atoms with E-state index >= 15 is 0 Å². The van der Waals surface area contributed by atoms with Gasteiger partial charge in [-0.25, -0.2) is 9.67 Å². The molecule has 0 atom stereocenters. The number of nitrogens with one attached hydrogen (secondary N) is 1. The van der Waals surface area contributed by atoms with E-state index in [1.54, 1.807) is 0 Å². The topological polar surface area (TPSA) is 122 Å². The molecule has 0 bridgehead atoms. The molecule has 2 N–H and O–H groups in total. The van der Waals surface area contributed by atoms with Gasteiger partial charge in [-0.2, -0.15) is 10.3 Å². The number of aromatic nitrogens is 7. The highest BCUT2D eigenvalue weighted by molar-refractivity contribution is 5.80. The number of carbonyl (C=O) groups is 1. The van der Waals surface area contributed by atoms with Crippen LogP contribution in [0.25, 0.3) is 22.5 Å². The van der Waals surface area contributed by atoms with Crippen molar-refractivity contribution in [1.82, 2.24) is 35.4 Å². The molecule has 9 nitrogen and oxygen atoms in total. The number of rotatable bonds is 12. The van der Waals surface area contributed by atoms with Gasteiger partial charge in [-0.3, -0.25) is 4.79 Å². The van der Waals surface area contributed by atoms with Crippen LogP contribution in [0.3, 0.4) is 0 Å². The summed E-state index contributed by atoms with van der Waals surface area (Å²) in [5.74, 6) is 1.24. The maximum absolute atomic E-state index is 11.0. The Morgan fingerprint density at radius 1 is 1.00 bits per heavy atom. The van der Waals surface area contributed by atoms with Gasteiger partial charge in [0.05, 0.1) is 13.0 Å². The van der Waals surface area contributed by atoms with E-state index in [1.807, 2.05) is 28.9 Å². The molecule has 0 unspecified atom stereocenters. The zero-order valence-corrected chi connectivity index (χ0v) is 19.3. The Morgan fingerprint density at radius 3 is 2.50 bits per heavy atom. The number of aliphatic carboxylic acids is 1. The first-order valence-electron chi connectivity index (χ1n) is 11.7. The second-order valence-electron chi connectivity index (χ2n) is 8.28. The van der Waals surface area contributed by atoms with Crippen molar-refractivity contribution in [2.45, 2.75) is 58.4 Å². The van der Waals surface area contributed by atoms with Crippen molar-refractivity contribution in [2.24, 2.45) is 0 Å². The van der Waals surface area contributed by atoms with Crippen molar-refractivity contribution < 1.29 is 9.90 Å². The molecule has 0 aliphatic rings. The van der Waals surface area contributed by atoms with Crippen LogP contribution in [0, 0.1) is 0 Å². The van der Waals surface area contributed by atoms with Gasteiger partial charge in [-0.15, -0.1) is 10.2 Å². The molecule has 2 heterocycles. The van der Waals surface area contributed by atoms with E-state index in [9.17, 15) is 4.79 Å². The number of carboxylic acid groups (broad SMARTS) is 1. The van der Waals surface area contributed by atoms with E-state index in [0.29, 0.717) is 24.6 Å². The molecule has 0 spiro atoms. The van der Waals surface area contributed by atoms with Crippen LogP contribution < -0.4 is 0 Å². The van der Waals surface area contributed by atoms with Crippen molar-refractivity contribution in [3.8, 4) is 22.5 Å². The number of benzene rings is 2. The number of hydrogen-bond donors (Lipinski definition) is 2. The van der Waals surface area contributed by atoms with Crippen LogP contribution >= 0.6 is 0 Å². The molecule has 34 heavy (non-hydrogen) atoms. The molecule has 0 amide bonds. The van der Waals surface area contributed by atoms with Gasteiger partial charge < -0.3 is 5.11 Å². The molecule has 0 saturated carbocycles. The SMILES string of the molecule is CCCCCCc1nc(CCC(=O)O)nn1Cc1ccc(-c2ccccc2-c2nn[nH]n2)cc1. The van der Waals surface area contributed by atoms with Gasteiger partial charge in [0.2, 0.25) is 5.82 Å². The Kier molecular flexibility index (Phi) is 7.75. The minimum Gasteiger partial charge on any atom is -0.481 e. The molecular formula is C25H29N7O2. The fourth-order valence-corrected chi connectivity index (χ4v) is 3.94. The Hall–Kier alpha value is -3.88. The molecule has 0 radical (unpaired) electrons. The monoisotopic (exact) mass is 459 g/mol. The summed E-state index contributed by atoms with van der Waals surface area (Å²) >= 11 is 0. The van der Waals surface area contributed by atoms with Crippen LogP contribution in [0.1, 0.15) is 56.2 Å². The third-order valence-corrected chi connectivity index (χ3v) is 5.72. The quantitative estimate of drug-likeness (QED) is 0.303. The number of carboxylic acids is 1. The second kappa shape index (κ2) is 11.3. The molecule has 4 aromatic rings. The van der Waals surface area contributed by atoms with E-state index in [0.717, 1.165) is 47.3 Å². The highest BCUT2D eigenvalue weighted by Gasteiger charge is 2.13. The first-order chi connectivity index (χ1) is 16.6. The summed E-state index contributed by atoms with van der Waals surface area (Å²) in [6.07, 6.45) is 5.81. The van der Waals surface area contributed by atoms with Gasteiger partial charge in [-0.1, -0.05) is 74.7 Å². The summed E-state index contributed by atoms with van der Waals surface area (Å²) in [7, 11) is 0. The molecule has 176 valence electrons. The molecule has 0 aliphatic carbocycles. The lowest BCUT2D eigenvalue weighted by molar-refractivity contribution is -0.137. The van der Waals surface area contributed by atoms with Gasteiger partial charge in [0.25, 0.3) is 0 Å². The van der Waals surface area contributed by atoms with Gasteiger partial charge in [-0.05, 0) is 28.3 Å². The maximum atomic E-state index is 11.0. The van der Waals surface area contributed by atoms with E-state index in [4.69, 9.17) is 5.11 Å². The fourth-order valence-electron chi connectivity index (χ4n) is 3.94. The average molecular weight is 460 g/mol. The Bertz CT molecular complexity index is 1200. The fraction of sp³-hybridized carbons (Fsp3) is 0.360. The lowest BCUT2D eigenvalue weighted by Gasteiger charge is -2.09. The number of H-pyrrole nitrogens is 1. The Balaban J connectivity index is 1.52. The third-order valence-electron chi connectivity index (χ3n) is 5.72. The molecule has 4 rings (SSSR count). The van der Waals surface area contributed by atoms with E-state index < -0.39 is 5.97 Å². The summed E-state index contributed by atoms with van der Waals surface area (Å²) in [4.78, 5) is 15.6. The highest BCUT2D eigenvalue weighted by atomic mass is 16.4. The number of unbranched alkanes of at least 4 members (excludes halogenated alkanes) is 3. The minimum atomic E-state index is -0.836. The first-order valence-corrected chi connectivity index (χ1v) is 11.7. The maximum Gasteiger partial charge on any atom is 0.303 e. The standard InChI is InChI=1S/C25H29N7O2/c1-2-3-4-5-10-23-26-22(15-16-24(33)34)29-32(23)17-18-11-13-19(14-12-18)20-8-6-7-9-21(20)25-27-30-31-28-25/h6-9,11-14H,2-5,10,15-17H2,1H3,(H,33,34)(H,27,28,30,31). The van der Waals surface area contributed by atoms with Crippen molar-refractivity contribution in [1.29, 1.82) is 0 Å². The summed E-state index contributed by atoms with van der Waals surface area (Å²) in [5, 5.41) is 28.0. The molecular weight excluding hydrogens is 430 g/mol. The molecule has 9 heteroatoms. The summed E-state index contributed by atoms with van der Waals surface area (Å²) in [6, 6.07) is 16.3. The first kappa shape index (κ1) is 23.3. The van der Waals surface area contributed by atoms with Crippen LogP contribution in [0.5, 0.6) is 0 Å². The molecule has 0 fully saturated rings. The zero-order valence-electron chi connectivity index (χ0n) is 19.3. The van der Waals surface area contributed by atoms with Gasteiger partial charge in [0, 0.05) is 18.4 Å². The van der Waals surface area contributed by atoms with Crippen molar-refractivity contribution in [3.63, 3.8) is 0 Å².